The van der Waals surface area contributed by atoms with Crippen LogP contribution in [0.1, 0.15) is 18.9 Å². The molecule has 20 heavy (non-hydrogen) atoms. The fourth-order valence-electron chi connectivity index (χ4n) is 2.38. The lowest BCUT2D eigenvalue weighted by atomic mass is 9.94. The number of nitrogens with two attached hydrogens (primary N) is 1. The summed E-state index contributed by atoms with van der Waals surface area (Å²) in [5.41, 5.74) is 7.22. The van der Waals surface area contributed by atoms with Crippen LogP contribution < -0.4 is 11.1 Å². The zero-order chi connectivity index (χ0) is 14.5. The van der Waals surface area contributed by atoms with Gasteiger partial charge in [0, 0.05) is 18.3 Å². The van der Waals surface area contributed by atoms with E-state index in [-0.39, 0.29) is 11.9 Å². The molecule has 0 aliphatic carbocycles. The summed E-state index contributed by atoms with van der Waals surface area (Å²) in [6, 6.07) is 9.11. The second-order valence-electron chi connectivity index (χ2n) is 5.41. The highest BCUT2D eigenvalue weighted by Gasteiger charge is 2.24. The van der Waals surface area contributed by atoms with Crippen LogP contribution >= 0.6 is 0 Å². The molecule has 2 unspecified atom stereocenters. The second kappa shape index (κ2) is 6.51. The van der Waals surface area contributed by atoms with Gasteiger partial charge in [0.1, 0.15) is 0 Å². The van der Waals surface area contributed by atoms with Gasteiger partial charge in [0.15, 0.2) is 0 Å². The lowest BCUT2D eigenvalue weighted by Gasteiger charge is -2.34. The first-order valence-corrected chi connectivity index (χ1v) is 6.86. The minimum atomic E-state index is -0.0677. The Labute approximate surface area is 119 Å². The Balaban J connectivity index is 1.88. The summed E-state index contributed by atoms with van der Waals surface area (Å²) >= 11 is 0. The van der Waals surface area contributed by atoms with Gasteiger partial charge in [-0.15, -0.1) is 0 Å². The molecule has 0 saturated carbocycles. The molecule has 5 nitrogen and oxygen atoms in total. The predicted octanol–water partition coefficient (Wildman–Crippen LogP) is 1.17. The van der Waals surface area contributed by atoms with Crippen LogP contribution in [0.25, 0.3) is 0 Å². The van der Waals surface area contributed by atoms with E-state index in [0.717, 1.165) is 19.5 Å². The summed E-state index contributed by atoms with van der Waals surface area (Å²) < 4.78 is 0. The van der Waals surface area contributed by atoms with E-state index >= 15 is 0 Å². The maximum Gasteiger partial charge on any atom is 0.238 e. The van der Waals surface area contributed by atoms with Crippen molar-refractivity contribution in [3.63, 3.8) is 0 Å². The third-order valence-corrected chi connectivity index (χ3v) is 3.74. The number of nitrogens with one attached hydrogen (secondary N) is 1. The fourth-order valence-corrected chi connectivity index (χ4v) is 2.38. The number of benzene rings is 1. The summed E-state index contributed by atoms with van der Waals surface area (Å²) in [5, 5.41) is 11.6. The van der Waals surface area contributed by atoms with E-state index in [0.29, 0.717) is 23.7 Å². The van der Waals surface area contributed by atoms with Crippen LogP contribution in [0.5, 0.6) is 0 Å². The Morgan fingerprint density at radius 2 is 2.40 bits per heavy atom. The number of carbonyl (C=O) groups is 1. The van der Waals surface area contributed by atoms with Crippen LogP contribution in [0.3, 0.4) is 0 Å². The third-order valence-electron chi connectivity index (χ3n) is 3.74. The van der Waals surface area contributed by atoms with Crippen LogP contribution in [-0.2, 0) is 4.79 Å². The number of piperidine rings is 1. The molecule has 1 fully saturated rings. The minimum absolute atomic E-state index is 0.0677. The van der Waals surface area contributed by atoms with Crippen molar-refractivity contribution in [1.29, 1.82) is 5.26 Å². The van der Waals surface area contributed by atoms with Crippen LogP contribution in [0, 0.1) is 17.2 Å². The van der Waals surface area contributed by atoms with Gasteiger partial charge in [0.05, 0.1) is 18.2 Å². The van der Waals surface area contributed by atoms with Gasteiger partial charge in [-0.2, -0.15) is 5.26 Å². The standard InChI is InChI=1S/C15H20N4O/c1-11-5-6-19(9-14(11)17)10-15(20)18-13-4-2-3-12(7-13)8-16/h2-4,7,11,14H,5-6,9-10,17H2,1H3,(H,18,20). The maximum atomic E-state index is 12.0. The largest absolute Gasteiger partial charge is 0.326 e. The SMILES string of the molecule is CC1CCN(CC(=O)Nc2cccc(C#N)c2)CC1N. The van der Waals surface area contributed by atoms with Crippen LogP contribution in [0.15, 0.2) is 24.3 Å². The molecule has 106 valence electrons. The van der Waals surface area contributed by atoms with E-state index in [1.165, 1.54) is 0 Å². The highest BCUT2D eigenvalue weighted by atomic mass is 16.2. The summed E-state index contributed by atoms with van der Waals surface area (Å²) in [5.74, 6) is 0.448. The van der Waals surface area contributed by atoms with Crippen molar-refractivity contribution in [3.05, 3.63) is 29.8 Å². The fraction of sp³-hybridized carbons (Fsp3) is 0.467. The molecule has 5 heteroatoms. The van der Waals surface area contributed by atoms with Gasteiger partial charge >= 0.3 is 0 Å². The molecule has 2 rings (SSSR count). The molecule has 0 spiro atoms. The molecule has 2 atom stereocenters. The Bertz CT molecular complexity index is 523. The molecule has 1 aliphatic rings. The molecule has 3 N–H and O–H groups in total. The monoisotopic (exact) mass is 272 g/mol. The number of nitrogens with zero attached hydrogens (tertiary/aromatic N) is 2. The molecule has 1 amide bonds. The highest BCUT2D eigenvalue weighted by Crippen LogP contribution is 2.15. The number of likely N-dealkylation sites (tertiary alicyclic amines) is 1. The van der Waals surface area contributed by atoms with Crippen molar-refractivity contribution >= 4 is 11.6 Å². The van der Waals surface area contributed by atoms with Gasteiger partial charge in [-0.05, 0) is 37.1 Å². The van der Waals surface area contributed by atoms with Crippen molar-refractivity contribution in [3.8, 4) is 6.07 Å². The van der Waals surface area contributed by atoms with E-state index in [4.69, 9.17) is 11.0 Å². The van der Waals surface area contributed by atoms with Crippen LogP contribution in [0.4, 0.5) is 5.69 Å². The van der Waals surface area contributed by atoms with Crippen LogP contribution in [0.2, 0.25) is 0 Å². The van der Waals surface area contributed by atoms with Crippen molar-refractivity contribution in [2.45, 2.75) is 19.4 Å². The summed E-state index contributed by atoms with van der Waals surface area (Å²) in [6.45, 7) is 4.15. The number of hydrogen-bond donors (Lipinski definition) is 2. The highest BCUT2D eigenvalue weighted by molar-refractivity contribution is 5.92. The van der Waals surface area contributed by atoms with E-state index in [9.17, 15) is 4.79 Å². The van der Waals surface area contributed by atoms with Crippen molar-refractivity contribution in [2.75, 3.05) is 25.0 Å². The average molecular weight is 272 g/mol. The Hall–Kier alpha value is -1.90. The topological polar surface area (TPSA) is 82.2 Å². The number of amides is 1. The van der Waals surface area contributed by atoms with Crippen molar-refractivity contribution in [1.82, 2.24) is 4.90 Å². The predicted molar refractivity (Wildman–Crippen MR) is 78.0 cm³/mol. The molecule has 0 radical (unpaired) electrons. The zero-order valence-corrected chi connectivity index (χ0v) is 11.7. The Morgan fingerprint density at radius 1 is 1.60 bits per heavy atom. The maximum absolute atomic E-state index is 12.0. The number of rotatable bonds is 3. The molecule has 1 heterocycles. The minimum Gasteiger partial charge on any atom is -0.326 e. The molecular weight excluding hydrogens is 252 g/mol. The first-order valence-electron chi connectivity index (χ1n) is 6.86. The third kappa shape index (κ3) is 3.80. The van der Waals surface area contributed by atoms with Gasteiger partial charge in [0.2, 0.25) is 5.91 Å². The molecular formula is C15H20N4O. The van der Waals surface area contributed by atoms with Gasteiger partial charge in [-0.25, -0.2) is 0 Å². The normalized spacial score (nSPS) is 23.1. The molecule has 0 aromatic heterocycles. The smallest absolute Gasteiger partial charge is 0.238 e. The molecule has 1 saturated heterocycles. The number of nitriles is 1. The summed E-state index contributed by atoms with van der Waals surface area (Å²) in [7, 11) is 0. The van der Waals surface area contributed by atoms with Crippen LogP contribution in [-0.4, -0.2) is 36.5 Å². The van der Waals surface area contributed by atoms with Crippen molar-refractivity contribution in [2.24, 2.45) is 11.7 Å². The van der Waals surface area contributed by atoms with E-state index in [2.05, 4.69) is 23.2 Å². The van der Waals surface area contributed by atoms with E-state index in [1.807, 2.05) is 0 Å². The Morgan fingerprint density at radius 3 is 3.10 bits per heavy atom. The second-order valence-corrected chi connectivity index (χ2v) is 5.41. The summed E-state index contributed by atoms with van der Waals surface area (Å²) in [6.07, 6.45) is 1.03. The van der Waals surface area contributed by atoms with Gasteiger partial charge in [-0.1, -0.05) is 13.0 Å². The summed E-state index contributed by atoms with van der Waals surface area (Å²) in [4.78, 5) is 14.1. The number of anilines is 1. The lowest BCUT2D eigenvalue weighted by molar-refractivity contribution is -0.117. The number of hydrogen-bond acceptors (Lipinski definition) is 4. The molecule has 1 aliphatic heterocycles. The molecule has 1 aromatic rings. The van der Waals surface area contributed by atoms with E-state index in [1.54, 1.807) is 24.3 Å². The first-order chi connectivity index (χ1) is 9.58. The number of carbonyl (C=O) groups excluding carboxylic acids is 1. The Kier molecular flexibility index (Phi) is 4.72. The van der Waals surface area contributed by atoms with Gasteiger partial charge < -0.3 is 11.1 Å². The molecule has 0 bridgehead atoms. The quantitative estimate of drug-likeness (QED) is 0.865. The zero-order valence-electron chi connectivity index (χ0n) is 11.7. The average Bonchev–Trinajstić information content (AvgIpc) is 2.43. The lowest BCUT2D eigenvalue weighted by Crippen LogP contribution is -2.49. The van der Waals surface area contributed by atoms with E-state index < -0.39 is 0 Å². The molecule has 1 aromatic carbocycles. The van der Waals surface area contributed by atoms with Gasteiger partial charge in [0.25, 0.3) is 0 Å². The van der Waals surface area contributed by atoms with Crippen molar-refractivity contribution < 1.29 is 4.79 Å². The van der Waals surface area contributed by atoms with Gasteiger partial charge in [-0.3, -0.25) is 9.69 Å². The first kappa shape index (κ1) is 14.5.